The minimum atomic E-state index is -0.778. The van der Waals surface area contributed by atoms with Crippen molar-refractivity contribution in [3.05, 3.63) is 44.0 Å². The fraction of sp³-hybridized carbons (Fsp3) is 0.500. The Hall–Kier alpha value is -3.37. The number of nitrogens with zero attached hydrogens (tertiary/aromatic N) is 3. The number of hydrogen-bond donors (Lipinski definition) is 2. The van der Waals surface area contributed by atoms with Gasteiger partial charge >= 0.3 is 0 Å². The molecule has 0 spiro atoms. The zero-order valence-corrected chi connectivity index (χ0v) is 16.1. The highest BCUT2D eigenvalue weighted by Gasteiger charge is 2.21. The SMILES string of the molecule is C/C(CC(=O)NC1CCCCC1)=N/NC(=O)Cc1ccc([N+](=O)[O-])cc1[N+](=O)[O-]. The molecule has 0 atom stereocenters. The van der Waals surface area contributed by atoms with Crippen LogP contribution in [0.2, 0.25) is 0 Å². The molecule has 2 amide bonds. The van der Waals surface area contributed by atoms with E-state index in [0.717, 1.165) is 37.8 Å². The normalized spacial score (nSPS) is 14.9. The zero-order chi connectivity index (χ0) is 21.4. The van der Waals surface area contributed by atoms with Crippen LogP contribution in [0.4, 0.5) is 11.4 Å². The van der Waals surface area contributed by atoms with Crippen molar-refractivity contribution in [3.63, 3.8) is 0 Å². The Bertz CT molecular complexity index is 832. The quantitative estimate of drug-likeness (QED) is 0.384. The van der Waals surface area contributed by atoms with Crippen molar-refractivity contribution in [2.75, 3.05) is 0 Å². The number of rotatable bonds is 8. The Labute approximate surface area is 166 Å². The lowest BCUT2D eigenvalue weighted by Crippen LogP contribution is -2.37. The van der Waals surface area contributed by atoms with Crippen molar-refractivity contribution in [2.24, 2.45) is 5.10 Å². The average molecular weight is 405 g/mol. The fourth-order valence-electron chi connectivity index (χ4n) is 3.15. The Morgan fingerprint density at radius 2 is 1.79 bits per heavy atom. The number of nitro groups is 2. The van der Waals surface area contributed by atoms with E-state index in [0.29, 0.717) is 5.71 Å². The highest BCUT2D eigenvalue weighted by atomic mass is 16.6. The van der Waals surface area contributed by atoms with E-state index in [-0.39, 0.29) is 30.4 Å². The van der Waals surface area contributed by atoms with Crippen LogP contribution in [-0.4, -0.2) is 33.4 Å². The number of nitrogens with one attached hydrogen (secondary N) is 2. The summed E-state index contributed by atoms with van der Waals surface area (Å²) in [6.07, 6.45) is 4.98. The molecule has 1 aromatic carbocycles. The van der Waals surface area contributed by atoms with E-state index in [1.54, 1.807) is 6.92 Å². The van der Waals surface area contributed by atoms with Gasteiger partial charge in [-0.2, -0.15) is 5.10 Å². The summed E-state index contributed by atoms with van der Waals surface area (Å²) in [5, 5.41) is 28.7. The molecule has 0 saturated heterocycles. The van der Waals surface area contributed by atoms with Gasteiger partial charge in [0.05, 0.1) is 28.8 Å². The van der Waals surface area contributed by atoms with Gasteiger partial charge in [-0.1, -0.05) is 19.3 Å². The molecule has 1 fully saturated rings. The molecule has 0 unspecified atom stereocenters. The van der Waals surface area contributed by atoms with Gasteiger partial charge in [0.1, 0.15) is 0 Å². The third kappa shape index (κ3) is 6.94. The predicted octanol–water partition coefficient (Wildman–Crippen LogP) is 2.38. The molecule has 0 radical (unpaired) electrons. The van der Waals surface area contributed by atoms with Crippen molar-refractivity contribution in [2.45, 2.75) is 57.9 Å². The first kappa shape index (κ1) is 21.9. The third-order valence-corrected chi connectivity index (χ3v) is 4.59. The molecular weight excluding hydrogens is 382 g/mol. The summed E-state index contributed by atoms with van der Waals surface area (Å²) >= 11 is 0. The molecule has 11 heteroatoms. The fourth-order valence-corrected chi connectivity index (χ4v) is 3.15. The second-order valence-corrected chi connectivity index (χ2v) is 6.97. The first-order valence-electron chi connectivity index (χ1n) is 9.29. The van der Waals surface area contributed by atoms with Gasteiger partial charge in [0.2, 0.25) is 11.8 Å². The summed E-state index contributed by atoms with van der Waals surface area (Å²) in [4.78, 5) is 44.4. The van der Waals surface area contributed by atoms with E-state index < -0.39 is 27.1 Å². The molecule has 11 nitrogen and oxygen atoms in total. The van der Waals surface area contributed by atoms with Crippen LogP contribution in [0.1, 0.15) is 51.0 Å². The van der Waals surface area contributed by atoms with Crippen molar-refractivity contribution < 1.29 is 19.4 Å². The number of hydrogen-bond acceptors (Lipinski definition) is 7. The van der Waals surface area contributed by atoms with Gasteiger partial charge in [-0.3, -0.25) is 29.8 Å². The topological polar surface area (TPSA) is 157 Å². The van der Waals surface area contributed by atoms with E-state index in [1.165, 1.54) is 12.5 Å². The van der Waals surface area contributed by atoms with Gasteiger partial charge in [0, 0.05) is 23.4 Å². The van der Waals surface area contributed by atoms with Crippen LogP contribution in [0, 0.1) is 20.2 Å². The van der Waals surface area contributed by atoms with Gasteiger partial charge in [0.25, 0.3) is 11.4 Å². The van der Waals surface area contributed by atoms with Crippen molar-refractivity contribution in [1.82, 2.24) is 10.7 Å². The molecule has 0 aliphatic heterocycles. The lowest BCUT2D eigenvalue weighted by atomic mass is 9.95. The van der Waals surface area contributed by atoms with Gasteiger partial charge in [0.15, 0.2) is 0 Å². The number of nitro benzene ring substituents is 2. The van der Waals surface area contributed by atoms with Crippen LogP contribution >= 0.6 is 0 Å². The lowest BCUT2D eigenvalue weighted by Gasteiger charge is -2.22. The highest BCUT2D eigenvalue weighted by Crippen LogP contribution is 2.25. The maximum absolute atomic E-state index is 12.0. The molecule has 1 aromatic rings. The zero-order valence-electron chi connectivity index (χ0n) is 16.1. The van der Waals surface area contributed by atoms with E-state index >= 15 is 0 Å². The largest absolute Gasteiger partial charge is 0.353 e. The summed E-state index contributed by atoms with van der Waals surface area (Å²) in [7, 11) is 0. The Balaban J connectivity index is 1.90. The number of benzene rings is 1. The maximum atomic E-state index is 12.0. The molecule has 156 valence electrons. The molecule has 0 heterocycles. The van der Waals surface area contributed by atoms with Crippen LogP contribution in [0.15, 0.2) is 23.3 Å². The van der Waals surface area contributed by atoms with Gasteiger partial charge in [-0.25, -0.2) is 5.43 Å². The molecule has 2 rings (SSSR count). The van der Waals surface area contributed by atoms with Crippen LogP contribution in [-0.2, 0) is 16.0 Å². The Morgan fingerprint density at radius 1 is 1.10 bits per heavy atom. The monoisotopic (exact) mass is 405 g/mol. The van der Waals surface area contributed by atoms with Gasteiger partial charge in [-0.15, -0.1) is 0 Å². The lowest BCUT2D eigenvalue weighted by molar-refractivity contribution is -0.394. The van der Waals surface area contributed by atoms with E-state index in [2.05, 4.69) is 15.8 Å². The number of carbonyl (C=O) groups is 2. The molecule has 1 saturated carbocycles. The minimum absolute atomic E-state index is 0.0287. The summed E-state index contributed by atoms with van der Waals surface area (Å²) in [5.74, 6) is -0.799. The van der Waals surface area contributed by atoms with Gasteiger partial charge in [-0.05, 0) is 25.8 Å². The highest BCUT2D eigenvalue weighted by molar-refractivity contribution is 6.00. The van der Waals surface area contributed by atoms with Crippen LogP contribution < -0.4 is 10.7 Å². The second kappa shape index (κ2) is 10.2. The molecular formula is C18H23N5O6. The van der Waals surface area contributed by atoms with Crippen molar-refractivity contribution in [1.29, 1.82) is 0 Å². The molecule has 0 aromatic heterocycles. The predicted molar refractivity (Wildman–Crippen MR) is 104 cm³/mol. The first-order valence-corrected chi connectivity index (χ1v) is 9.29. The summed E-state index contributed by atoms with van der Waals surface area (Å²) < 4.78 is 0. The summed E-state index contributed by atoms with van der Waals surface area (Å²) in [6, 6.07) is 3.26. The number of non-ortho nitro benzene ring substituents is 1. The van der Waals surface area contributed by atoms with Gasteiger partial charge < -0.3 is 5.32 Å². The van der Waals surface area contributed by atoms with Crippen molar-refractivity contribution in [3.8, 4) is 0 Å². The second-order valence-electron chi connectivity index (χ2n) is 6.97. The Morgan fingerprint density at radius 3 is 2.41 bits per heavy atom. The number of hydrazone groups is 1. The smallest absolute Gasteiger partial charge is 0.279 e. The van der Waals surface area contributed by atoms with Crippen LogP contribution in [0.25, 0.3) is 0 Å². The standard InChI is InChI=1S/C18H23N5O6/c1-12(9-17(24)19-14-5-3-2-4-6-14)20-21-18(25)10-13-7-8-15(22(26)27)11-16(13)23(28)29/h7-8,11,14H,2-6,9-10H2,1H3,(H,19,24)(H,21,25)/b20-12-. The molecule has 0 bridgehead atoms. The summed E-state index contributed by atoms with van der Waals surface area (Å²) in [6.45, 7) is 1.59. The maximum Gasteiger partial charge on any atom is 0.279 e. The van der Waals surface area contributed by atoms with Crippen molar-refractivity contribution >= 4 is 28.9 Å². The molecule has 29 heavy (non-hydrogen) atoms. The molecule has 2 N–H and O–H groups in total. The van der Waals surface area contributed by atoms with Crippen LogP contribution in [0.5, 0.6) is 0 Å². The first-order chi connectivity index (χ1) is 13.8. The van der Waals surface area contributed by atoms with E-state index in [9.17, 15) is 29.8 Å². The average Bonchev–Trinajstić information content (AvgIpc) is 2.67. The molecule has 1 aliphatic carbocycles. The van der Waals surface area contributed by atoms with E-state index in [1.807, 2.05) is 0 Å². The minimum Gasteiger partial charge on any atom is -0.353 e. The number of amides is 2. The van der Waals surface area contributed by atoms with E-state index in [4.69, 9.17) is 0 Å². The number of carbonyl (C=O) groups excluding carboxylic acids is 2. The van der Waals surface area contributed by atoms with Crippen LogP contribution in [0.3, 0.4) is 0 Å². The molecule has 1 aliphatic rings. The summed E-state index contributed by atoms with van der Waals surface area (Å²) in [5.41, 5.74) is 1.73. The third-order valence-electron chi connectivity index (χ3n) is 4.59. The Kier molecular flexibility index (Phi) is 7.75.